The molecule has 1 amide bonds. The van der Waals surface area contributed by atoms with Crippen LogP contribution in [-0.2, 0) is 16.6 Å². The van der Waals surface area contributed by atoms with Gasteiger partial charge < -0.3 is 14.8 Å². The number of amides is 1. The predicted octanol–water partition coefficient (Wildman–Crippen LogP) is 3.87. The summed E-state index contributed by atoms with van der Waals surface area (Å²) in [5, 5.41) is 2.78. The first-order valence-corrected chi connectivity index (χ1v) is 12.1. The summed E-state index contributed by atoms with van der Waals surface area (Å²) in [4.78, 5) is 13.7. The van der Waals surface area contributed by atoms with Gasteiger partial charge in [0, 0.05) is 22.7 Å². The summed E-state index contributed by atoms with van der Waals surface area (Å²) in [6.07, 6.45) is 1.97. The van der Waals surface area contributed by atoms with E-state index in [0.717, 1.165) is 10.5 Å². The van der Waals surface area contributed by atoms with Gasteiger partial charge in [0.15, 0.2) is 11.5 Å². The molecule has 0 fully saturated rings. The fourth-order valence-corrected chi connectivity index (χ4v) is 4.47. The van der Waals surface area contributed by atoms with E-state index >= 15 is 0 Å². The summed E-state index contributed by atoms with van der Waals surface area (Å²) in [6.45, 7) is 0.234. The zero-order valence-corrected chi connectivity index (χ0v) is 18.3. The number of ether oxygens (including phenoxy) is 2. The Morgan fingerprint density at radius 1 is 1.00 bits per heavy atom. The number of fused-ring (bicyclic) bond motifs is 1. The fourth-order valence-electron chi connectivity index (χ4n) is 2.99. The Hall–Kier alpha value is -3.01. The van der Waals surface area contributed by atoms with E-state index in [2.05, 4.69) is 10.0 Å². The van der Waals surface area contributed by atoms with Crippen molar-refractivity contribution in [2.75, 3.05) is 18.4 Å². The van der Waals surface area contributed by atoms with Crippen LogP contribution in [0.25, 0.3) is 0 Å². The van der Waals surface area contributed by atoms with Crippen molar-refractivity contribution >= 4 is 33.4 Å². The van der Waals surface area contributed by atoms with E-state index in [1.54, 1.807) is 54.2 Å². The molecule has 31 heavy (non-hydrogen) atoms. The molecule has 1 aliphatic heterocycles. The van der Waals surface area contributed by atoms with Crippen LogP contribution in [0.5, 0.6) is 11.5 Å². The topological polar surface area (TPSA) is 93.7 Å². The van der Waals surface area contributed by atoms with Gasteiger partial charge in [0.2, 0.25) is 16.8 Å². The molecule has 0 aliphatic carbocycles. The van der Waals surface area contributed by atoms with Crippen molar-refractivity contribution in [1.82, 2.24) is 4.72 Å². The molecule has 0 saturated carbocycles. The van der Waals surface area contributed by atoms with Crippen molar-refractivity contribution in [1.29, 1.82) is 0 Å². The Kier molecular flexibility index (Phi) is 6.17. The highest BCUT2D eigenvalue weighted by Crippen LogP contribution is 2.32. The highest BCUT2D eigenvalue weighted by Gasteiger charge is 2.18. The van der Waals surface area contributed by atoms with Gasteiger partial charge in [-0.05, 0) is 66.4 Å². The number of nitrogens with one attached hydrogen (secondary N) is 2. The third kappa shape index (κ3) is 5.01. The Labute approximate surface area is 184 Å². The van der Waals surface area contributed by atoms with Gasteiger partial charge >= 0.3 is 0 Å². The third-order valence-electron chi connectivity index (χ3n) is 4.66. The molecule has 0 bridgehead atoms. The summed E-state index contributed by atoms with van der Waals surface area (Å²) < 4.78 is 38.6. The lowest BCUT2D eigenvalue weighted by Crippen LogP contribution is -2.23. The molecule has 2 N–H and O–H groups in total. The van der Waals surface area contributed by atoms with Crippen molar-refractivity contribution in [2.45, 2.75) is 16.3 Å². The molecule has 0 unspecified atom stereocenters. The molecule has 1 aliphatic rings. The second-order valence-corrected chi connectivity index (χ2v) is 9.37. The quantitative estimate of drug-likeness (QED) is 0.524. The third-order valence-corrected chi connectivity index (χ3v) is 6.80. The lowest BCUT2D eigenvalue weighted by atomic mass is 10.2. The van der Waals surface area contributed by atoms with E-state index in [1.165, 1.54) is 12.1 Å². The number of hydrogen-bond donors (Lipinski definition) is 2. The number of anilines is 1. The van der Waals surface area contributed by atoms with Gasteiger partial charge in [0.05, 0.1) is 4.90 Å². The summed E-state index contributed by atoms with van der Waals surface area (Å²) in [7, 11) is -3.82. The van der Waals surface area contributed by atoms with Crippen molar-refractivity contribution < 1.29 is 22.7 Å². The Morgan fingerprint density at radius 3 is 2.55 bits per heavy atom. The molecule has 0 atom stereocenters. The van der Waals surface area contributed by atoms with E-state index in [1.807, 2.05) is 18.4 Å². The van der Waals surface area contributed by atoms with Gasteiger partial charge in [-0.15, -0.1) is 11.8 Å². The predicted molar refractivity (Wildman–Crippen MR) is 119 cm³/mol. The molecular weight excluding hydrogens is 436 g/mol. The van der Waals surface area contributed by atoms with Gasteiger partial charge in [-0.3, -0.25) is 4.79 Å². The average molecular weight is 457 g/mol. The van der Waals surface area contributed by atoms with E-state index in [-0.39, 0.29) is 29.7 Å². The van der Waals surface area contributed by atoms with Crippen molar-refractivity contribution in [3.8, 4) is 11.5 Å². The zero-order chi connectivity index (χ0) is 21.8. The molecule has 0 aromatic heterocycles. The standard InChI is InChI=1S/C22H20N2O5S2/c1-30-18-8-6-17(7-9-18)24-22(25)16-3-2-4-19(12-16)31(26,27)23-13-15-5-10-20-21(11-15)29-14-28-20/h2-12,23H,13-14H2,1H3,(H,24,25). The largest absolute Gasteiger partial charge is 0.454 e. The molecule has 1 heterocycles. The highest BCUT2D eigenvalue weighted by atomic mass is 32.2. The maximum absolute atomic E-state index is 12.7. The van der Waals surface area contributed by atoms with Crippen LogP contribution in [0.3, 0.4) is 0 Å². The van der Waals surface area contributed by atoms with Crippen molar-refractivity contribution in [2.24, 2.45) is 0 Å². The van der Waals surface area contributed by atoms with Gasteiger partial charge in [-0.2, -0.15) is 0 Å². The minimum atomic E-state index is -3.82. The van der Waals surface area contributed by atoms with E-state index < -0.39 is 10.0 Å². The van der Waals surface area contributed by atoms with E-state index in [4.69, 9.17) is 9.47 Å². The van der Waals surface area contributed by atoms with Crippen LogP contribution in [-0.4, -0.2) is 27.4 Å². The Balaban J connectivity index is 1.45. The second kappa shape index (κ2) is 9.01. The van der Waals surface area contributed by atoms with Gasteiger partial charge in [-0.25, -0.2) is 13.1 Å². The molecule has 3 aromatic carbocycles. The number of carbonyl (C=O) groups excluding carboxylic acids is 1. The maximum atomic E-state index is 12.7. The van der Waals surface area contributed by atoms with Crippen LogP contribution in [0.2, 0.25) is 0 Å². The molecule has 4 rings (SSSR count). The number of benzene rings is 3. The van der Waals surface area contributed by atoms with Crippen LogP contribution in [0, 0.1) is 0 Å². The normalized spacial score (nSPS) is 12.5. The summed E-state index contributed by atoms with van der Waals surface area (Å²) in [5.41, 5.74) is 1.62. The lowest BCUT2D eigenvalue weighted by molar-refractivity contribution is 0.102. The second-order valence-electron chi connectivity index (χ2n) is 6.72. The number of rotatable bonds is 7. The van der Waals surface area contributed by atoms with Gasteiger partial charge in [-0.1, -0.05) is 12.1 Å². The molecule has 0 saturated heterocycles. The molecule has 3 aromatic rings. The first-order chi connectivity index (χ1) is 14.9. The van der Waals surface area contributed by atoms with Gasteiger partial charge in [0.25, 0.3) is 5.91 Å². The van der Waals surface area contributed by atoms with Crippen molar-refractivity contribution in [3.05, 3.63) is 77.9 Å². The number of carbonyl (C=O) groups is 1. The lowest BCUT2D eigenvalue weighted by Gasteiger charge is -2.10. The number of thioether (sulfide) groups is 1. The summed E-state index contributed by atoms with van der Waals surface area (Å²) in [5.74, 6) is 0.832. The zero-order valence-electron chi connectivity index (χ0n) is 16.6. The van der Waals surface area contributed by atoms with Gasteiger partial charge in [0.1, 0.15) is 0 Å². The van der Waals surface area contributed by atoms with E-state index in [0.29, 0.717) is 17.2 Å². The smallest absolute Gasteiger partial charge is 0.255 e. The average Bonchev–Trinajstić information content (AvgIpc) is 3.26. The Bertz CT molecular complexity index is 1210. The number of hydrogen-bond acceptors (Lipinski definition) is 6. The van der Waals surface area contributed by atoms with Crippen LogP contribution >= 0.6 is 11.8 Å². The molecule has 9 heteroatoms. The molecular formula is C22H20N2O5S2. The monoisotopic (exact) mass is 456 g/mol. The Morgan fingerprint density at radius 2 is 1.77 bits per heavy atom. The minimum Gasteiger partial charge on any atom is -0.454 e. The minimum absolute atomic E-state index is 0.0126. The maximum Gasteiger partial charge on any atom is 0.255 e. The SMILES string of the molecule is CSc1ccc(NC(=O)c2cccc(S(=O)(=O)NCc3ccc4c(c3)OCO4)c2)cc1. The highest BCUT2D eigenvalue weighted by molar-refractivity contribution is 7.98. The van der Waals surface area contributed by atoms with Crippen molar-refractivity contribution in [3.63, 3.8) is 0 Å². The molecule has 0 spiro atoms. The molecule has 0 radical (unpaired) electrons. The number of sulfonamides is 1. The van der Waals surface area contributed by atoms with Crippen LogP contribution in [0.1, 0.15) is 15.9 Å². The molecule has 7 nitrogen and oxygen atoms in total. The summed E-state index contributed by atoms with van der Waals surface area (Å²) >= 11 is 1.61. The summed E-state index contributed by atoms with van der Waals surface area (Å²) in [6, 6.07) is 18.6. The first kappa shape index (κ1) is 21.2. The van der Waals surface area contributed by atoms with E-state index in [9.17, 15) is 13.2 Å². The first-order valence-electron chi connectivity index (χ1n) is 9.38. The van der Waals surface area contributed by atoms with Crippen LogP contribution < -0.4 is 19.5 Å². The molecule has 160 valence electrons. The fraction of sp³-hybridized carbons (Fsp3) is 0.136. The van der Waals surface area contributed by atoms with Crippen LogP contribution in [0.15, 0.2) is 76.5 Å². The van der Waals surface area contributed by atoms with Crippen LogP contribution in [0.4, 0.5) is 5.69 Å².